The van der Waals surface area contributed by atoms with Gasteiger partial charge in [-0.2, -0.15) is 0 Å². The molecule has 76 valence electrons. The first-order chi connectivity index (χ1) is 5.79. The normalized spacial score (nSPS) is 34.9. The molecule has 1 fully saturated rings. The number of nitrogens with zero attached hydrogens (tertiary/aromatic N) is 1. The average molecular weight is 187 g/mol. The van der Waals surface area contributed by atoms with Gasteiger partial charge >= 0.3 is 0 Å². The fraction of sp³-hybridized carbons (Fsp3) is 0.889. The predicted molar refractivity (Wildman–Crippen MR) is 45.8 cm³/mol. The number of quaternary nitrogens is 1. The Balaban J connectivity index is 2.97. The van der Waals surface area contributed by atoms with Gasteiger partial charge in [-0.1, -0.05) is 0 Å². The molecule has 13 heavy (non-hydrogen) atoms. The van der Waals surface area contributed by atoms with Crippen LogP contribution in [0.15, 0.2) is 0 Å². The van der Waals surface area contributed by atoms with E-state index in [4.69, 9.17) is 0 Å². The molecular formula is C9H17NO3. The van der Waals surface area contributed by atoms with Gasteiger partial charge in [-0.3, -0.25) is 4.48 Å². The smallest absolute Gasteiger partial charge is 0.257 e. The SMILES string of the molecule is CC(C)(C)[N+]1(C(=O)[O-])CC[C@H](O)C1. The molecule has 1 N–H and O–H groups in total. The molecule has 1 heterocycles. The first kappa shape index (κ1) is 10.5. The van der Waals surface area contributed by atoms with Gasteiger partial charge in [-0.25, -0.2) is 0 Å². The maximum absolute atomic E-state index is 11.1. The summed E-state index contributed by atoms with van der Waals surface area (Å²) in [7, 11) is 0. The van der Waals surface area contributed by atoms with Gasteiger partial charge < -0.3 is 15.0 Å². The van der Waals surface area contributed by atoms with Crippen LogP contribution in [0.5, 0.6) is 0 Å². The highest BCUT2D eigenvalue weighted by molar-refractivity contribution is 5.55. The van der Waals surface area contributed by atoms with Crippen molar-refractivity contribution in [3.8, 4) is 0 Å². The van der Waals surface area contributed by atoms with Crippen molar-refractivity contribution >= 4 is 6.09 Å². The Morgan fingerprint density at radius 2 is 2.08 bits per heavy atom. The van der Waals surface area contributed by atoms with E-state index in [0.717, 1.165) is 0 Å². The number of rotatable bonds is 0. The van der Waals surface area contributed by atoms with Crippen molar-refractivity contribution in [3.05, 3.63) is 0 Å². The Morgan fingerprint density at radius 3 is 2.23 bits per heavy atom. The molecule has 0 radical (unpaired) electrons. The number of hydrogen-bond donors (Lipinski definition) is 1. The molecule has 1 aliphatic rings. The zero-order valence-electron chi connectivity index (χ0n) is 8.41. The third kappa shape index (κ3) is 1.56. The molecule has 0 aromatic rings. The fourth-order valence-corrected chi connectivity index (χ4v) is 1.96. The molecule has 0 bridgehead atoms. The molecule has 1 aliphatic heterocycles. The van der Waals surface area contributed by atoms with Gasteiger partial charge in [0.15, 0.2) is 0 Å². The second-order valence-electron chi connectivity index (χ2n) is 4.75. The fourth-order valence-electron chi connectivity index (χ4n) is 1.96. The van der Waals surface area contributed by atoms with Crippen LogP contribution in [0.2, 0.25) is 0 Å². The lowest BCUT2D eigenvalue weighted by atomic mass is 10.0. The number of carbonyl (C=O) groups excluding carboxylic acids is 1. The molecular weight excluding hydrogens is 170 g/mol. The van der Waals surface area contributed by atoms with Crippen molar-refractivity contribution < 1.29 is 19.5 Å². The summed E-state index contributed by atoms with van der Waals surface area (Å²) >= 11 is 0. The van der Waals surface area contributed by atoms with Gasteiger partial charge in [-0.15, -0.1) is 0 Å². The van der Waals surface area contributed by atoms with Crippen LogP contribution in [0.25, 0.3) is 0 Å². The van der Waals surface area contributed by atoms with Gasteiger partial charge in [0.2, 0.25) is 0 Å². The standard InChI is InChI=1S/C9H17NO3/c1-9(2,3)10(8(12)13)5-4-7(11)6-10/h7,11H,4-6H2,1-3H3/t7-,10?/m0/s1. The Kier molecular flexibility index (Phi) is 2.38. The average Bonchev–Trinajstić information content (AvgIpc) is 2.30. The van der Waals surface area contributed by atoms with E-state index in [1.807, 2.05) is 20.8 Å². The van der Waals surface area contributed by atoms with Gasteiger partial charge in [-0.05, 0) is 20.8 Å². The van der Waals surface area contributed by atoms with Gasteiger partial charge in [0.1, 0.15) is 12.6 Å². The summed E-state index contributed by atoms with van der Waals surface area (Å²) < 4.78 is -0.131. The van der Waals surface area contributed by atoms with E-state index < -0.39 is 17.7 Å². The van der Waals surface area contributed by atoms with Crippen LogP contribution >= 0.6 is 0 Å². The molecule has 0 aromatic heterocycles. The van der Waals surface area contributed by atoms with Crippen molar-refractivity contribution in [2.24, 2.45) is 0 Å². The maximum atomic E-state index is 11.1. The van der Waals surface area contributed by atoms with Crippen molar-refractivity contribution in [3.63, 3.8) is 0 Å². The molecule has 1 saturated heterocycles. The monoisotopic (exact) mass is 187 g/mol. The quantitative estimate of drug-likeness (QED) is 0.530. The zero-order valence-corrected chi connectivity index (χ0v) is 8.41. The van der Waals surface area contributed by atoms with Crippen LogP contribution in [-0.4, -0.2) is 40.4 Å². The summed E-state index contributed by atoms with van der Waals surface area (Å²) in [5, 5.41) is 20.4. The first-order valence-electron chi connectivity index (χ1n) is 4.56. The molecule has 1 amide bonds. The Bertz CT molecular complexity index is 221. The minimum absolute atomic E-state index is 0.131. The molecule has 0 saturated carbocycles. The highest BCUT2D eigenvalue weighted by Gasteiger charge is 2.48. The van der Waals surface area contributed by atoms with Crippen LogP contribution in [0.1, 0.15) is 27.2 Å². The van der Waals surface area contributed by atoms with Crippen molar-refractivity contribution in [1.29, 1.82) is 0 Å². The van der Waals surface area contributed by atoms with Gasteiger partial charge in [0.05, 0.1) is 12.1 Å². The second-order valence-corrected chi connectivity index (χ2v) is 4.75. The molecule has 1 unspecified atom stereocenters. The first-order valence-corrected chi connectivity index (χ1v) is 4.56. The third-order valence-corrected chi connectivity index (χ3v) is 3.00. The van der Waals surface area contributed by atoms with Crippen molar-refractivity contribution in [2.45, 2.75) is 38.8 Å². The molecule has 4 heteroatoms. The molecule has 4 nitrogen and oxygen atoms in total. The summed E-state index contributed by atoms with van der Waals surface area (Å²) in [5.74, 6) is 0. The van der Waals surface area contributed by atoms with E-state index in [1.165, 1.54) is 0 Å². The Labute approximate surface area is 78.4 Å². The van der Waals surface area contributed by atoms with Crippen LogP contribution in [0.4, 0.5) is 4.79 Å². The predicted octanol–water partition coefficient (Wildman–Crippen LogP) is -0.290. The van der Waals surface area contributed by atoms with Crippen LogP contribution < -0.4 is 5.11 Å². The number of amides is 1. The number of likely N-dealkylation sites (tertiary alicyclic amines) is 1. The van der Waals surface area contributed by atoms with E-state index >= 15 is 0 Å². The summed E-state index contributed by atoms with van der Waals surface area (Å²) in [4.78, 5) is 11.1. The van der Waals surface area contributed by atoms with Crippen LogP contribution in [-0.2, 0) is 0 Å². The minimum atomic E-state index is -1.08. The lowest BCUT2D eigenvalue weighted by Crippen LogP contribution is -2.66. The second kappa shape index (κ2) is 2.96. The summed E-state index contributed by atoms with van der Waals surface area (Å²) in [6.45, 7) is 6.32. The lowest BCUT2D eigenvalue weighted by molar-refractivity contribution is -0.909. The number of carboxylic acid groups (broad SMARTS) is 1. The molecule has 0 aromatic carbocycles. The van der Waals surface area contributed by atoms with E-state index in [0.29, 0.717) is 13.0 Å². The number of carbonyl (C=O) groups is 1. The minimum Gasteiger partial charge on any atom is -0.498 e. The lowest BCUT2D eigenvalue weighted by Gasteiger charge is -2.44. The van der Waals surface area contributed by atoms with Gasteiger partial charge in [0, 0.05) is 6.42 Å². The van der Waals surface area contributed by atoms with Crippen LogP contribution in [0, 0.1) is 0 Å². The summed E-state index contributed by atoms with van der Waals surface area (Å²) in [6.07, 6.45) is -1.04. The van der Waals surface area contributed by atoms with Gasteiger partial charge in [0.25, 0.3) is 6.09 Å². The molecule has 2 atom stereocenters. The van der Waals surface area contributed by atoms with E-state index in [1.54, 1.807) is 0 Å². The van der Waals surface area contributed by atoms with Crippen LogP contribution in [0.3, 0.4) is 0 Å². The topological polar surface area (TPSA) is 60.4 Å². The summed E-state index contributed by atoms with van der Waals surface area (Å²) in [5.41, 5.74) is -0.406. The van der Waals surface area contributed by atoms with Crippen molar-refractivity contribution in [2.75, 3.05) is 13.1 Å². The van der Waals surface area contributed by atoms with Crippen molar-refractivity contribution in [1.82, 2.24) is 0 Å². The van der Waals surface area contributed by atoms with E-state index in [2.05, 4.69) is 0 Å². The third-order valence-electron chi connectivity index (χ3n) is 3.00. The Morgan fingerprint density at radius 1 is 1.54 bits per heavy atom. The Hall–Kier alpha value is -0.610. The highest BCUT2D eigenvalue weighted by Crippen LogP contribution is 2.30. The van der Waals surface area contributed by atoms with E-state index in [9.17, 15) is 15.0 Å². The van der Waals surface area contributed by atoms with E-state index in [-0.39, 0.29) is 11.0 Å². The number of aliphatic hydroxyl groups is 1. The largest absolute Gasteiger partial charge is 0.498 e. The molecule has 0 aliphatic carbocycles. The summed E-state index contributed by atoms with van der Waals surface area (Å²) in [6, 6.07) is 0. The molecule has 0 spiro atoms. The molecule has 1 rings (SSSR count). The zero-order chi connectivity index (χ0) is 10.3. The number of aliphatic hydroxyl groups excluding tert-OH is 1. The highest BCUT2D eigenvalue weighted by atomic mass is 16.4. The number of hydrogen-bond acceptors (Lipinski definition) is 3. The maximum Gasteiger partial charge on any atom is 0.257 e.